The van der Waals surface area contributed by atoms with Crippen LogP contribution in [0, 0.1) is 5.41 Å². The van der Waals surface area contributed by atoms with Gasteiger partial charge in [0.25, 0.3) is 0 Å². The van der Waals surface area contributed by atoms with E-state index in [1.807, 2.05) is 13.0 Å². The van der Waals surface area contributed by atoms with Crippen molar-refractivity contribution in [2.24, 2.45) is 10.1 Å². The van der Waals surface area contributed by atoms with Crippen molar-refractivity contribution in [3.63, 3.8) is 0 Å². The molecule has 2 heterocycles. The molecule has 2 saturated heterocycles. The van der Waals surface area contributed by atoms with Crippen LogP contribution in [0.3, 0.4) is 0 Å². The van der Waals surface area contributed by atoms with E-state index in [1.165, 1.54) is 6.21 Å². The lowest BCUT2D eigenvalue weighted by Gasteiger charge is -2.37. The van der Waals surface area contributed by atoms with E-state index in [1.54, 1.807) is 12.4 Å². The van der Waals surface area contributed by atoms with E-state index >= 15 is 0 Å². The van der Waals surface area contributed by atoms with Crippen molar-refractivity contribution in [3.8, 4) is 0 Å². The molecule has 0 bridgehead atoms. The van der Waals surface area contributed by atoms with Crippen LogP contribution in [-0.2, 0) is 0 Å². The second kappa shape index (κ2) is 11.5. The number of hydrogen-bond donors (Lipinski definition) is 3. The van der Waals surface area contributed by atoms with Gasteiger partial charge in [0, 0.05) is 77.0 Å². The molecule has 0 aromatic heterocycles. The van der Waals surface area contributed by atoms with E-state index in [4.69, 9.17) is 5.41 Å². The van der Waals surface area contributed by atoms with Gasteiger partial charge in [-0.15, -0.1) is 0 Å². The molecular formula is C19H34N8. The average Bonchev–Trinajstić information content (AvgIpc) is 2.69. The van der Waals surface area contributed by atoms with E-state index in [9.17, 15) is 0 Å². The molecule has 2 aliphatic heterocycles. The highest BCUT2D eigenvalue weighted by molar-refractivity contribution is 6.28. The first-order chi connectivity index (χ1) is 13.1. The molecule has 0 radical (unpaired) electrons. The summed E-state index contributed by atoms with van der Waals surface area (Å²) in [4.78, 5) is 11.4. The average molecular weight is 375 g/mol. The van der Waals surface area contributed by atoms with Gasteiger partial charge in [-0.25, -0.2) is 4.99 Å². The third-order valence-electron chi connectivity index (χ3n) is 4.75. The monoisotopic (exact) mass is 374 g/mol. The molecule has 0 amide bonds. The van der Waals surface area contributed by atoms with Crippen molar-refractivity contribution in [1.29, 1.82) is 5.41 Å². The summed E-state index contributed by atoms with van der Waals surface area (Å²) >= 11 is 0. The zero-order chi connectivity index (χ0) is 19.5. The minimum atomic E-state index is 0.567. The van der Waals surface area contributed by atoms with Crippen LogP contribution >= 0.6 is 0 Å². The molecule has 3 N–H and O–H groups in total. The lowest BCUT2D eigenvalue weighted by atomic mass is 10.2. The second-order valence-electron chi connectivity index (χ2n) is 7.05. The summed E-state index contributed by atoms with van der Waals surface area (Å²) < 4.78 is 0. The first kappa shape index (κ1) is 21.1. The van der Waals surface area contributed by atoms with Gasteiger partial charge in [-0.2, -0.15) is 5.10 Å². The van der Waals surface area contributed by atoms with Crippen LogP contribution < -0.4 is 10.7 Å². The summed E-state index contributed by atoms with van der Waals surface area (Å²) in [5, 5.41) is 15.2. The molecule has 2 aliphatic rings. The fourth-order valence-electron chi connectivity index (χ4n) is 3.08. The largest absolute Gasteiger partial charge is 0.375 e. The zero-order valence-electron chi connectivity index (χ0n) is 16.9. The Morgan fingerprint density at radius 3 is 2.44 bits per heavy atom. The summed E-state index contributed by atoms with van der Waals surface area (Å²) in [5.74, 6) is 0.705. The molecule has 0 saturated carbocycles. The number of rotatable bonds is 7. The number of amidine groups is 1. The Morgan fingerprint density at radius 2 is 1.81 bits per heavy atom. The number of nitrogens with zero attached hydrogens (tertiary/aromatic N) is 5. The maximum atomic E-state index is 7.68. The molecule has 27 heavy (non-hydrogen) atoms. The molecule has 0 aromatic rings. The standard InChI is InChI=1S/C19H34N8/c1-17(2)26-11-13-27(14-12-26)19(15-20)24-18(3)16-23-22-5-4-8-25-9-6-21-7-10-25/h4-5,8,15-17,20-21,23H,6-7,9-14H2,1-3H3/b8-4+,18-16?,20-15?,22-5-,24-19?. The molecule has 0 aromatic carbocycles. The van der Waals surface area contributed by atoms with E-state index in [2.05, 4.69) is 55.6 Å². The Hall–Kier alpha value is -2.19. The SMILES string of the molecule is CC(=CN/N=C\C=C\N1CCNCC1)N=C(C=N)N1CCN(C(C)C)CC1. The van der Waals surface area contributed by atoms with Gasteiger partial charge in [0.05, 0.1) is 11.9 Å². The van der Waals surface area contributed by atoms with Gasteiger partial charge in [-0.1, -0.05) is 0 Å². The minimum Gasteiger partial charge on any atom is -0.375 e. The topological polar surface area (TPSA) is 82.3 Å². The molecule has 8 nitrogen and oxygen atoms in total. The summed E-state index contributed by atoms with van der Waals surface area (Å²) in [6.45, 7) is 14.3. The number of hydrazone groups is 1. The summed E-state index contributed by atoms with van der Waals surface area (Å²) in [6.07, 6.45) is 8.82. The van der Waals surface area contributed by atoms with Crippen molar-refractivity contribution in [2.75, 3.05) is 52.4 Å². The fourth-order valence-corrected chi connectivity index (χ4v) is 3.08. The van der Waals surface area contributed by atoms with Crippen molar-refractivity contribution < 1.29 is 0 Å². The first-order valence-corrected chi connectivity index (χ1v) is 9.75. The first-order valence-electron chi connectivity index (χ1n) is 9.75. The van der Waals surface area contributed by atoms with E-state index in [0.717, 1.165) is 58.1 Å². The van der Waals surface area contributed by atoms with Gasteiger partial charge in [0.15, 0.2) is 0 Å². The molecule has 150 valence electrons. The van der Waals surface area contributed by atoms with Crippen LogP contribution in [0.2, 0.25) is 0 Å². The van der Waals surface area contributed by atoms with Crippen LogP contribution in [0.5, 0.6) is 0 Å². The van der Waals surface area contributed by atoms with Gasteiger partial charge < -0.3 is 20.5 Å². The Balaban J connectivity index is 1.78. The maximum Gasteiger partial charge on any atom is 0.146 e. The van der Waals surface area contributed by atoms with Crippen LogP contribution in [0.1, 0.15) is 20.8 Å². The van der Waals surface area contributed by atoms with Crippen molar-refractivity contribution in [2.45, 2.75) is 26.8 Å². The lowest BCUT2D eigenvalue weighted by molar-refractivity contribution is 0.150. The third kappa shape index (κ3) is 7.52. The van der Waals surface area contributed by atoms with Gasteiger partial charge in [0.1, 0.15) is 5.84 Å². The maximum absolute atomic E-state index is 7.68. The molecule has 0 spiro atoms. The molecule has 8 heteroatoms. The van der Waals surface area contributed by atoms with Crippen molar-refractivity contribution in [3.05, 3.63) is 24.2 Å². The Morgan fingerprint density at radius 1 is 1.11 bits per heavy atom. The van der Waals surface area contributed by atoms with Crippen LogP contribution in [0.4, 0.5) is 0 Å². The zero-order valence-corrected chi connectivity index (χ0v) is 16.9. The van der Waals surface area contributed by atoms with Gasteiger partial charge in [-0.05, 0) is 26.8 Å². The number of allylic oxidation sites excluding steroid dienone is 2. The quantitative estimate of drug-likeness (QED) is 0.351. The second-order valence-corrected chi connectivity index (χ2v) is 7.05. The van der Waals surface area contributed by atoms with Crippen molar-refractivity contribution >= 4 is 18.3 Å². The Kier molecular flexibility index (Phi) is 9.00. The molecule has 0 aliphatic carbocycles. The molecule has 2 rings (SSSR count). The highest BCUT2D eigenvalue weighted by Gasteiger charge is 2.20. The van der Waals surface area contributed by atoms with Crippen LogP contribution in [0.25, 0.3) is 0 Å². The number of aliphatic imine (C=N–C) groups is 1. The normalized spacial score (nSPS) is 20.9. The van der Waals surface area contributed by atoms with Crippen molar-refractivity contribution in [1.82, 2.24) is 25.4 Å². The lowest BCUT2D eigenvalue weighted by Crippen LogP contribution is -2.51. The number of hydrogen-bond acceptors (Lipinski definition) is 7. The van der Waals surface area contributed by atoms with Gasteiger partial charge >= 0.3 is 0 Å². The van der Waals surface area contributed by atoms with E-state index in [0.29, 0.717) is 11.9 Å². The van der Waals surface area contributed by atoms with E-state index in [-0.39, 0.29) is 0 Å². The molecular weight excluding hydrogens is 340 g/mol. The molecule has 2 fully saturated rings. The highest BCUT2D eigenvalue weighted by atomic mass is 15.3. The Bertz CT molecular complexity index is 564. The number of piperazine rings is 2. The predicted molar refractivity (Wildman–Crippen MR) is 113 cm³/mol. The Labute approximate surface area is 163 Å². The van der Waals surface area contributed by atoms with Crippen LogP contribution in [0.15, 0.2) is 34.3 Å². The van der Waals surface area contributed by atoms with Crippen LogP contribution in [-0.4, -0.2) is 91.4 Å². The van der Waals surface area contributed by atoms with Gasteiger partial charge in [-0.3, -0.25) is 10.3 Å². The van der Waals surface area contributed by atoms with E-state index < -0.39 is 0 Å². The predicted octanol–water partition coefficient (Wildman–Crippen LogP) is 0.916. The fraction of sp³-hybridized carbons (Fsp3) is 0.632. The molecule has 0 atom stereocenters. The smallest absolute Gasteiger partial charge is 0.146 e. The highest BCUT2D eigenvalue weighted by Crippen LogP contribution is 2.07. The summed E-state index contributed by atoms with van der Waals surface area (Å²) in [6, 6.07) is 0.567. The van der Waals surface area contributed by atoms with Gasteiger partial charge in [0.2, 0.25) is 0 Å². The molecule has 0 unspecified atom stereocenters. The third-order valence-corrected chi connectivity index (χ3v) is 4.75. The number of nitrogens with one attached hydrogen (secondary N) is 3. The summed E-state index contributed by atoms with van der Waals surface area (Å²) in [7, 11) is 0. The minimum absolute atomic E-state index is 0.567. The summed E-state index contributed by atoms with van der Waals surface area (Å²) in [5.41, 5.74) is 3.69.